The number of thiazole rings is 1. The number of aromatic nitrogens is 1. The molecule has 4 nitrogen and oxygen atoms in total. The molecule has 1 aromatic carbocycles. The van der Waals surface area contributed by atoms with E-state index in [2.05, 4.69) is 40.7 Å². The maximum absolute atomic E-state index is 12.0. The van der Waals surface area contributed by atoms with E-state index in [0.717, 1.165) is 35.8 Å². The molecule has 2 N–H and O–H groups in total. The summed E-state index contributed by atoms with van der Waals surface area (Å²) in [4.78, 5) is 16.6. The number of nitrogens with one attached hydrogen (secondary N) is 2. The predicted octanol–water partition coefficient (Wildman–Crippen LogP) is 2.98. The molecule has 1 fully saturated rings. The molecule has 0 radical (unpaired) electrons. The molecule has 0 aliphatic carbocycles. The van der Waals surface area contributed by atoms with E-state index in [4.69, 9.17) is 0 Å². The number of benzene rings is 1. The van der Waals surface area contributed by atoms with Gasteiger partial charge in [-0.05, 0) is 26.0 Å². The van der Waals surface area contributed by atoms with Crippen molar-refractivity contribution >= 4 is 42.1 Å². The normalized spacial score (nSPS) is 16.3. The first-order valence-electron chi connectivity index (χ1n) is 7.22. The number of halogens is 2. The average molecular weight is 374 g/mol. The van der Waals surface area contributed by atoms with E-state index in [1.54, 1.807) is 11.3 Å². The van der Waals surface area contributed by atoms with Crippen LogP contribution in [0.3, 0.4) is 0 Å². The van der Waals surface area contributed by atoms with Crippen molar-refractivity contribution in [1.82, 2.24) is 15.6 Å². The Bertz CT molecular complexity index is 642. The smallest absolute Gasteiger partial charge is 0.226 e. The van der Waals surface area contributed by atoms with Gasteiger partial charge in [0.2, 0.25) is 5.91 Å². The quantitative estimate of drug-likeness (QED) is 0.865. The molecule has 1 aromatic heterocycles. The van der Waals surface area contributed by atoms with E-state index in [0.29, 0.717) is 6.42 Å². The Balaban J connectivity index is 0.00000132. The van der Waals surface area contributed by atoms with Gasteiger partial charge in [0.15, 0.2) is 0 Å². The van der Waals surface area contributed by atoms with Crippen LogP contribution in [0.15, 0.2) is 29.6 Å². The number of carbonyl (C=O) groups is 1. The van der Waals surface area contributed by atoms with Gasteiger partial charge >= 0.3 is 0 Å². The second-order valence-electron chi connectivity index (χ2n) is 5.45. The standard InChI is InChI=1S/C16H19N3OS.2ClH/c1-11-3-2-4-12(7-11)16-19-14(10-21-16)8-15(20)18-13-5-6-17-9-13;;/h2-4,7,10,13,17H,5-6,8-9H2,1H3,(H,18,20);2*1H. The minimum atomic E-state index is 0. The second-order valence-corrected chi connectivity index (χ2v) is 6.31. The highest BCUT2D eigenvalue weighted by atomic mass is 35.5. The topological polar surface area (TPSA) is 54.0 Å². The van der Waals surface area contributed by atoms with Crippen LogP contribution in [0, 0.1) is 6.92 Å². The first kappa shape index (κ1) is 19.9. The maximum Gasteiger partial charge on any atom is 0.226 e. The largest absolute Gasteiger partial charge is 0.352 e. The zero-order valence-corrected chi connectivity index (χ0v) is 15.3. The van der Waals surface area contributed by atoms with E-state index in [1.165, 1.54) is 5.56 Å². The number of amides is 1. The van der Waals surface area contributed by atoms with Crippen molar-refractivity contribution in [2.45, 2.75) is 25.8 Å². The number of rotatable bonds is 4. The molecule has 2 heterocycles. The highest BCUT2D eigenvalue weighted by Crippen LogP contribution is 2.24. The Morgan fingerprint density at radius 3 is 2.96 bits per heavy atom. The summed E-state index contributed by atoms with van der Waals surface area (Å²) in [7, 11) is 0. The molecule has 23 heavy (non-hydrogen) atoms. The van der Waals surface area contributed by atoms with Gasteiger partial charge in [0.05, 0.1) is 12.1 Å². The maximum atomic E-state index is 12.0. The van der Waals surface area contributed by atoms with Crippen LogP contribution in [0.5, 0.6) is 0 Å². The number of hydrogen-bond donors (Lipinski definition) is 2. The molecule has 1 saturated heterocycles. The van der Waals surface area contributed by atoms with Gasteiger partial charge < -0.3 is 10.6 Å². The monoisotopic (exact) mass is 373 g/mol. The molecule has 0 spiro atoms. The lowest BCUT2D eigenvalue weighted by Crippen LogP contribution is -2.37. The molecule has 0 saturated carbocycles. The van der Waals surface area contributed by atoms with Crippen LogP contribution in [0.2, 0.25) is 0 Å². The van der Waals surface area contributed by atoms with Crippen LogP contribution in [0.25, 0.3) is 10.6 Å². The van der Waals surface area contributed by atoms with Crippen molar-refractivity contribution in [3.63, 3.8) is 0 Å². The number of hydrogen-bond acceptors (Lipinski definition) is 4. The van der Waals surface area contributed by atoms with Gasteiger partial charge in [0.25, 0.3) is 0 Å². The van der Waals surface area contributed by atoms with E-state index >= 15 is 0 Å². The summed E-state index contributed by atoms with van der Waals surface area (Å²) in [5.74, 6) is 0.0600. The van der Waals surface area contributed by atoms with Crippen LogP contribution < -0.4 is 10.6 Å². The summed E-state index contributed by atoms with van der Waals surface area (Å²) in [6.07, 6.45) is 1.37. The van der Waals surface area contributed by atoms with Crippen LogP contribution in [0.1, 0.15) is 17.7 Å². The lowest BCUT2D eigenvalue weighted by Gasteiger charge is -2.10. The predicted molar refractivity (Wildman–Crippen MR) is 99.9 cm³/mol. The third-order valence-electron chi connectivity index (χ3n) is 3.58. The van der Waals surface area contributed by atoms with Gasteiger partial charge in [0.1, 0.15) is 5.01 Å². The van der Waals surface area contributed by atoms with Gasteiger partial charge in [0, 0.05) is 23.5 Å². The van der Waals surface area contributed by atoms with Crippen LogP contribution in [-0.2, 0) is 11.2 Å². The van der Waals surface area contributed by atoms with E-state index in [-0.39, 0.29) is 36.8 Å². The Kier molecular flexibility index (Phi) is 7.99. The summed E-state index contributed by atoms with van der Waals surface area (Å²) < 4.78 is 0. The fourth-order valence-electron chi connectivity index (χ4n) is 2.52. The highest BCUT2D eigenvalue weighted by Gasteiger charge is 2.17. The summed E-state index contributed by atoms with van der Waals surface area (Å²) in [5.41, 5.74) is 3.18. The van der Waals surface area contributed by atoms with E-state index < -0.39 is 0 Å². The van der Waals surface area contributed by atoms with Crippen molar-refractivity contribution in [1.29, 1.82) is 0 Å². The van der Waals surface area contributed by atoms with Crippen molar-refractivity contribution in [3.05, 3.63) is 40.9 Å². The molecule has 3 rings (SSSR count). The summed E-state index contributed by atoms with van der Waals surface area (Å²) in [6, 6.07) is 8.55. The molecule has 1 unspecified atom stereocenters. The number of aryl methyl sites for hydroxylation is 1. The van der Waals surface area contributed by atoms with Crippen molar-refractivity contribution in [3.8, 4) is 10.6 Å². The van der Waals surface area contributed by atoms with Gasteiger partial charge in [-0.3, -0.25) is 4.79 Å². The second kappa shape index (κ2) is 9.23. The molecular formula is C16H21Cl2N3OS. The van der Waals surface area contributed by atoms with Crippen molar-refractivity contribution < 1.29 is 4.79 Å². The zero-order valence-electron chi connectivity index (χ0n) is 12.9. The molecule has 126 valence electrons. The van der Waals surface area contributed by atoms with Crippen LogP contribution in [0.4, 0.5) is 0 Å². The third-order valence-corrected chi connectivity index (χ3v) is 4.52. The summed E-state index contributed by atoms with van der Waals surface area (Å²) in [6.45, 7) is 3.93. The lowest BCUT2D eigenvalue weighted by molar-refractivity contribution is -0.121. The molecule has 7 heteroatoms. The fraction of sp³-hybridized carbons (Fsp3) is 0.375. The van der Waals surface area contributed by atoms with Crippen LogP contribution >= 0.6 is 36.2 Å². The minimum absolute atomic E-state index is 0. The Morgan fingerprint density at radius 2 is 2.26 bits per heavy atom. The average Bonchev–Trinajstić information content (AvgIpc) is 3.10. The molecule has 1 amide bonds. The molecule has 1 aliphatic heterocycles. The molecule has 2 aromatic rings. The molecule has 1 aliphatic rings. The summed E-state index contributed by atoms with van der Waals surface area (Å²) >= 11 is 1.59. The lowest BCUT2D eigenvalue weighted by atomic mass is 10.1. The molecule has 0 bridgehead atoms. The Hall–Kier alpha value is -1.14. The minimum Gasteiger partial charge on any atom is -0.352 e. The van der Waals surface area contributed by atoms with Crippen LogP contribution in [-0.4, -0.2) is 30.0 Å². The number of carbonyl (C=O) groups excluding carboxylic acids is 1. The Morgan fingerprint density at radius 1 is 1.43 bits per heavy atom. The van der Waals surface area contributed by atoms with E-state index in [1.807, 2.05) is 11.4 Å². The highest BCUT2D eigenvalue weighted by molar-refractivity contribution is 7.13. The summed E-state index contributed by atoms with van der Waals surface area (Å²) in [5, 5.41) is 9.25. The number of nitrogens with zero attached hydrogens (tertiary/aromatic N) is 1. The van der Waals surface area contributed by atoms with Gasteiger partial charge in [-0.1, -0.05) is 23.8 Å². The van der Waals surface area contributed by atoms with Gasteiger partial charge in [-0.15, -0.1) is 36.2 Å². The first-order valence-corrected chi connectivity index (χ1v) is 8.10. The SMILES string of the molecule is Cc1cccc(-c2nc(CC(=O)NC3CCNC3)cs2)c1.Cl.Cl. The first-order chi connectivity index (χ1) is 10.2. The third kappa shape index (κ3) is 5.46. The van der Waals surface area contributed by atoms with Crippen molar-refractivity contribution in [2.24, 2.45) is 0 Å². The van der Waals surface area contributed by atoms with Crippen molar-refractivity contribution in [2.75, 3.05) is 13.1 Å². The molecular weight excluding hydrogens is 353 g/mol. The Labute approximate surface area is 152 Å². The van der Waals surface area contributed by atoms with Gasteiger partial charge in [-0.2, -0.15) is 0 Å². The van der Waals surface area contributed by atoms with Gasteiger partial charge in [-0.25, -0.2) is 4.98 Å². The zero-order chi connectivity index (χ0) is 14.7. The van der Waals surface area contributed by atoms with E-state index in [9.17, 15) is 4.79 Å². The molecule has 1 atom stereocenters. The fourth-order valence-corrected chi connectivity index (χ4v) is 3.34.